The van der Waals surface area contributed by atoms with Gasteiger partial charge in [-0.3, -0.25) is 4.79 Å². The van der Waals surface area contributed by atoms with E-state index in [0.29, 0.717) is 6.07 Å². The van der Waals surface area contributed by atoms with E-state index in [-0.39, 0.29) is 10.6 Å². The summed E-state index contributed by atoms with van der Waals surface area (Å²) < 4.78 is 43.7. The number of halogens is 4. The molecule has 0 atom stereocenters. The van der Waals surface area contributed by atoms with Gasteiger partial charge in [-0.15, -0.1) is 0 Å². The summed E-state index contributed by atoms with van der Waals surface area (Å²) in [6.45, 7) is 1.06. The molecule has 0 fully saturated rings. The third-order valence-corrected chi connectivity index (χ3v) is 3.38. The van der Waals surface area contributed by atoms with Crippen molar-refractivity contribution in [2.45, 2.75) is 13.1 Å². The lowest BCUT2D eigenvalue weighted by atomic mass is 10.1. The molecule has 0 aliphatic rings. The number of carbonyl (C=O) groups is 2. The molecular weight excluding hydrogens is 359 g/mol. The van der Waals surface area contributed by atoms with Gasteiger partial charge in [-0.1, -0.05) is 29.3 Å². The summed E-state index contributed by atoms with van der Waals surface area (Å²) in [5.74, 6) is -1.64. The standard InChI is InChI=1S/C17H13ClF3NO3/c1-10-3-2-4-11(7-10)16(24)25-9-15(23)22-14-6-5-12(18)8-13(14)17(19,20)21/h2-8H,9H2,1H3,(H,22,23). The van der Waals surface area contributed by atoms with Crippen LogP contribution < -0.4 is 5.32 Å². The van der Waals surface area contributed by atoms with Crippen molar-refractivity contribution in [3.05, 3.63) is 64.2 Å². The Balaban J connectivity index is 2.03. The van der Waals surface area contributed by atoms with E-state index >= 15 is 0 Å². The van der Waals surface area contributed by atoms with Crippen LogP contribution in [0.4, 0.5) is 18.9 Å². The van der Waals surface area contributed by atoms with Crippen LogP contribution in [0.5, 0.6) is 0 Å². The van der Waals surface area contributed by atoms with Gasteiger partial charge < -0.3 is 10.1 Å². The second-order valence-corrected chi connectivity index (χ2v) is 5.62. The number of aryl methyl sites for hydroxylation is 1. The minimum atomic E-state index is -4.69. The van der Waals surface area contributed by atoms with E-state index in [1.807, 2.05) is 0 Å². The molecule has 0 saturated heterocycles. The molecule has 0 aliphatic heterocycles. The summed E-state index contributed by atoms with van der Waals surface area (Å²) in [6.07, 6.45) is -4.69. The first kappa shape index (κ1) is 18.8. The largest absolute Gasteiger partial charge is 0.452 e. The van der Waals surface area contributed by atoms with Crippen LogP contribution in [-0.2, 0) is 15.7 Å². The van der Waals surface area contributed by atoms with Crippen LogP contribution in [0.1, 0.15) is 21.5 Å². The Labute approximate surface area is 146 Å². The van der Waals surface area contributed by atoms with Gasteiger partial charge in [-0.05, 0) is 37.3 Å². The van der Waals surface area contributed by atoms with Crippen molar-refractivity contribution < 1.29 is 27.5 Å². The molecule has 2 rings (SSSR count). The van der Waals surface area contributed by atoms with E-state index in [0.717, 1.165) is 11.6 Å². The Morgan fingerprint density at radius 3 is 2.52 bits per heavy atom. The molecule has 2 aromatic rings. The zero-order valence-corrected chi connectivity index (χ0v) is 13.7. The maximum atomic E-state index is 13.0. The van der Waals surface area contributed by atoms with Crippen molar-refractivity contribution in [2.24, 2.45) is 0 Å². The van der Waals surface area contributed by atoms with Crippen molar-refractivity contribution in [1.29, 1.82) is 0 Å². The van der Waals surface area contributed by atoms with Crippen LogP contribution in [0.25, 0.3) is 0 Å². The molecule has 0 heterocycles. The van der Waals surface area contributed by atoms with Crippen LogP contribution in [-0.4, -0.2) is 18.5 Å². The van der Waals surface area contributed by atoms with Gasteiger partial charge in [0.25, 0.3) is 5.91 Å². The van der Waals surface area contributed by atoms with Gasteiger partial charge in [0.2, 0.25) is 0 Å². The number of benzene rings is 2. The summed E-state index contributed by atoms with van der Waals surface area (Å²) in [4.78, 5) is 23.6. The molecule has 132 valence electrons. The van der Waals surface area contributed by atoms with E-state index in [1.54, 1.807) is 25.1 Å². The highest BCUT2D eigenvalue weighted by Gasteiger charge is 2.34. The van der Waals surface area contributed by atoms with Gasteiger partial charge in [-0.25, -0.2) is 4.79 Å². The first-order valence-corrected chi connectivity index (χ1v) is 7.45. The lowest BCUT2D eigenvalue weighted by Crippen LogP contribution is -2.22. The Morgan fingerprint density at radius 2 is 1.88 bits per heavy atom. The smallest absolute Gasteiger partial charge is 0.418 e. The van der Waals surface area contributed by atoms with E-state index in [2.05, 4.69) is 5.32 Å². The summed E-state index contributed by atoms with van der Waals surface area (Å²) in [7, 11) is 0. The van der Waals surface area contributed by atoms with Crippen LogP contribution in [0.2, 0.25) is 5.02 Å². The normalized spacial score (nSPS) is 11.1. The highest BCUT2D eigenvalue weighted by molar-refractivity contribution is 6.30. The fraction of sp³-hybridized carbons (Fsp3) is 0.176. The molecule has 0 radical (unpaired) electrons. The molecule has 0 aliphatic carbocycles. The monoisotopic (exact) mass is 371 g/mol. The number of esters is 1. The molecule has 0 bridgehead atoms. The highest BCUT2D eigenvalue weighted by Crippen LogP contribution is 2.36. The number of amides is 1. The van der Waals surface area contributed by atoms with Gasteiger partial charge in [0.1, 0.15) is 0 Å². The molecule has 25 heavy (non-hydrogen) atoms. The molecule has 0 spiro atoms. The molecule has 2 aromatic carbocycles. The molecule has 8 heteroatoms. The van der Waals surface area contributed by atoms with Crippen LogP contribution in [0.15, 0.2) is 42.5 Å². The minimum absolute atomic E-state index is 0.115. The summed E-state index contributed by atoms with van der Waals surface area (Å²) in [5, 5.41) is 1.95. The molecule has 1 amide bonds. The fourth-order valence-electron chi connectivity index (χ4n) is 2.03. The van der Waals surface area contributed by atoms with Crippen LogP contribution in [0, 0.1) is 6.92 Å². The van der Waals surface area contributed by atoms with E-state index in [1.165, 1.54) is 12.1 Å². The average Bonchev–Trinajstić information content (AvgIpc) is 2.53. The predicted octanol–water partition coefficient (Wildman–Crippen LogP) is 4.46. The van der Waals surface area contributed by atoms with Gasteiger partial charge in [0, 0.05) is 5.02 Å². The average molecular weight is 372 g/mol. The van der Waals surface area contributed by atoms with Gasteiger partial charge in [0.05, 0.1) is 16.8 Å². The Kier molecular flexibility index (Phi) is 5.69. The number of ether oxygens (including phenoxy) is 1. The fourth-order valence-corrected chi connectivity index (χ4v) is 2.20. The zero-order valence-electron chi connectivity index (χ0n) is 13.0. The quantitative estimate of drug-likeness (QED) is 0.807. The second-order valence-electron chi connectivity index (χ2n) is 5.18. The second kappa shape index (κ2) is 7.57. The molecular formula is C17H13ClF3NO3. The molecule has 4 nitrogen and oxygen atoms in total. The maximum absolute atomic E-state index is 13.0. The number of carbonyl (C=O) groups excluding carboxylic acids is 2. The topological polar surface area (TPSA) is 55.4 Å². The lowest BCUT2D eigenvalue weighted by molar-refractivity contribution is -0.137. The third-order valence-electron chi connectivity index (χ3n) is 3.15. The first-order valence-electron chi connectivity index (χ1n) is 7.07. The predicted molar refractivity (Wildman–Crippen MR) is 86.5 cm³/mol. The van der Waals surface area contributed by atoms with Crippen molar-refractivity contribution >= 4 is 29.2 Å². The van der Waals surface area contributed by atoms with E-state index in [4.69, 9.17) is 16.3 Å². The minimum Gasteiger partial charge on any atom is -0.452 e. The Morgan fingerprint density at radius 1 is 1.16 bits per heavy atom. The number of anilines is 1. The molecule has 0 saturated carbocycles. The van der Waals surface area contributed by atoms with E-state index in [9.17, 15) is 22.8 Å². The van der Waals surface area contributed by atoms with Crippen molar-refractivity contribution in [2.75, 3.05) is 11.9 Å². The first-order chi connectivity index (χ1) is 11.7. The van der Waals surface area contributed by atoms with Crippen molar-refractivity contribution in [3.63, 3.8) is 0 Å². The third kappa shape index (κ3) is 5.22. The summed E-state index contributed by atoms with van der Waals surface area (Å²) in [5.41, 5.74) is -0.475. The summed E-state index contributed by atoms with van der Waals surface area (Å²) >= 11 is 5.56. The van der Waals surface area contributed by atoms with Crippen LogP contribution in [0.3, 0.4) is 0 Å². The van der Waals surface area contributed by atoms with Gasteiger partial charge in [-0.2, -0.15) is 13.2 Å². The Hall–Kier alpha value is -2.54. The number of hydrogen-bond donors (Lipinski definition) is 1. The van der Waals surface area contributed by atoms with Gasteiger partial charge >= 0.3 is 12.1 Å². The molecule has 1 N–H and O–H groups in total. The van der Waals surface area contributed by atoms with Crippen molar-refractivity contribution in [3.8, 4) is 0 Å². The summed E-state index contributed by atoms with van der Waals surface area (Å²) in [6, 6.07) is 9.46. The highest BCUT2D eigenvalue weighted by atomic mass is 35.5. The number of nitrogens with one attached hydrogen (secondary N) is 1. The number of hydrogen-bond acceptors (Lipinski definition) is 3. The molecule has 0 aromatic heterocycles. The zero-order chi connectivity index (χ0) is 18.6. The van der Waals surface area contributed by atoms with Crippen LogP contribution >= 0.6 is 11.6 Å². The number of rotatable bonds is 4. The number of alkyl halides is 3. The van der Waals surface area contributed by atoms with Gasteiger partial charge in [0.15, 0.2) is 6.61 Å². The van der Waals surface area contributed by atoms with Crippen molar-refractivity contribution in [1.82, 2.24) is 0 Å². The maximum Gasteiger partial charge on any atom is 0.418 e. The lowest BCUT2D eigenvalue weighted by Gasteiger charge is -2.14. The SMILES string of the molecule is Cc1cccc(C(=O)OCC(=O)Nc2ccc(Cl)cc2C(F)(F)F)c1. The van der Waals surface area contributed by atoms with E-state index < -0.39 is 35.9 Å². The Bertz CT molecular complexity index is 806. The molecule has 0 unspecified atom stereocenters.